The second-order valence-corrected chi connectivity index (χ2v) is 5.38. The van der Waals surface area contributed by atoms with Crippen LogP contribution in [0.5, 0.6) is 0 Å². The van der Waals surface area contributed by atoms with Gasteiger partial charge < -0.3 is 15.2 Å². The summed E-state index contributed by atoms with van der Waals surface area (Å²) in [5.74, 6) is 0.608. The van der Waals surface area contributed by atoms with Gasteiger partial charge in [-0.25, -0.2) is 0 Å². The van der Waals surface area contributed by atoms with Gasteiger partial charge in [-0.2, -0.15) is 0 Å². The first-order valence-corrected chi connectivity index (χ1v) is 6.17. The topological polar surface area (TPSA) is 41.5 Å². The Hall–Kier alpha value is -0.120. The van der Waals surface area contributed by atoms with Gasteiger partial charge in [0.05, 0.1) is 17.8 Å². The molecule has 15 heavy (non-hydrogen) atoms. The fraction of sp³-hybridized carbons (Fsp3) is 1.00. The molecule has 3 nitrogen and oxygen atoms in total. The summed E-state index contributed by atoms with van der Waals surface area (Å²) in [5, 5.41) is 13.0. The Kier molecular flexibility index (Phi) is 3.33. The molecule has 1 heterocycles. The highest BCUT2D eigenvalue weighted by Crippen LogP contribution is 2.36. The molecule has 2 aliphatic rings. The van der Waals surface area contributed by atoms with Gasteiger partial charge in [0.2, 0.25) is 0 Å². The van der Waals surface area contributed by atoms with E-state index in [-0.39, 0.29) is 11.7 Å². The summed E-state index contributed by atoms with van der Waals surface area (Å²) in [7, 11) is 0. The minimum atomic E-state index is -0.0705. The van der Waals surface area contributed by atoms with Crippen molar-refractivity contribution in [2.75, 3.05) is 13.1 Å². The van der Waals surface area contributed by atoms with E-state index in [1.165, 1.54) is 0 Å². The highest BCUT2D eigenvalue weighted by molar-refractivity contribution is 4.92. The molecule has 2 unspecified atom stereocenters. The van der Waals surface area contributed by atoms with Crippen molar-refractivity contribution in [3.8, 4) is 0 Å². The first-order valence-electron chi connectivity index (χ1n) is 6.17. The molecule has 3 heteroatoms. The monoisotopic (exact) mass is 213 g/mol. The number of hydrogen-bond donors (Lipinski definition) is 2. The number of ether oxygens (including phenoxy) is 1. The van der Waals surface area contributed by atoms with Crippen LogP contribution in [0.4, 0.5) is 0 Å². The summed E-state index contributed by atoms with van der Waals surface area (Å²) >= 11 is 0. The minimum absolute atomic E-state index is 0.0161. The molecule has 88 valence electrons. The standard InChI is InChI=1S/C12H23NO2/c1-9-7-13-8-12(2,15-9)10-3-5-11(14)6-4-10/h9-11,13-14H,3-8H2,1-2H3. The SMILES string of the molecule is CC1CNCC(C)(C2CCC(O)CC2)O1. The average molecular weight is 213 g/mol. The molecule has 0 radical (unpaired) electrons. The zero-order valence-corrected chi connectivity index (χ0v) is 9.83. The number of morpholine rings is 1. The van der Waals surface area contributed by atoms with Gasteiger partial charge in [0.1, 0.15) is 0 Å². The van der Waals surface area contributed by atoms with E-state index in [4.69, 9.17) is 4.74 Å². The zero-order chi connectivity index (χ0) is 10.9. The molecule has 1 saturated carbocycles. The smallest absolute Gasteiger partial charge is 0.0810 e. The Morgan fingerprint density at radius 3 is 2.53 bits per heavy atom. The van der Waals surface area contributed by atoms with E-state index in [1.807, 2.05) is 0 Å². The fourth-order valence-electron chi connectivity index (χ4n) is 2.99. The molecule has 0 aromatic rings. The van der Waals surface area contributed by atoms with Gasteiger partial charge >= 0.3 is 0 Å². The van der Waals surface area contributed by atoms with Crippen molar-refractivity contribution in [2.24, 2.45) is 5.92 Å². The normalized spacial score (nSPS) is 47.8. The first kappa shape index (κ1) is 11.4. The van der Waals surface area contributed by atoms with E-state index in [9.17, 15) is 5.11 Å². The van der Waals surface area contributed by atoms with Crippen LogP contribution >= 0.6 is 0 Å². The van der Waals surface area contributed by atoms with Gasteiger partial charge in [0.25, 0.3) is 0 Å². The van der Waals surface area contributed by atoms with Crippen LogP contribution in [-0.4, -0.2) is 36.0 Å². The summed E-state index contributed by atoms with van der Waals surface area (Å²) in [6.07, 6.45) is 4.34. The number of hydrogen-bond acceptors (Lipinski definition) is 3. The second kappa shape index (κ2) is 4.40. The minimum Gasteiger partial charge on any atom is -0.393 e. The Balaban J connectivity index is 1.95. The lowest BCUT2D eigenvalue weighted by atomic mass is 9.76. The van der Waals surface area contributed by atoms with Crippen LogP contribution in [0.2, 0.25) is 0 Å². The first-order chi connectivity index (χ1) is 7.10. The molecule has 1 aliphatic carbocycles. The Bertz CT molecular complexity index is 214. The molecule has 2 rings (SSSR count). The molecule has 0 aromatic carbocycles. The summed E-state index contributed by atoms with van der Waals surface area (Å²) in [6, 6.07) is 0. The number of nitrogens with one attached hydrogen (secondary N) is 1. The van der Waals surface area contributed by atoms with Crippen molar-refractivity contribution >= 4 is 0 Å². The molecule has 1 saturated heterocycles. The van der Waals surface area contributed by atoms with Crippen LogP contribution in [0.25, 0.3) is 0 Å². The summed E-state index contributed by atoms with van der Waals surface area (Å²) in [4.78, 5) is 0. The van der Waals surface area contributed by atoms with Crippen molar-refractivity contribution in [3.05, 3.63) is 0 Å². The van der Waals surface area contributed by atoms with E-state index in [2.05, 4.69) is 19.2 Å². The Morgan fingerprint density at radius 1 is 1.27 bits per heavy atom. The van der Waals surface area contributed by atoms with Crippen LogP contribution in [0.3, 0.4) is 0 Å². The van der Waals surface area contributed by atoms with Crippen molar-refractivity contribution in [3.63, 3.8) is 0 Å². The van der Waals surface area contributed by atoms with Crippen LogP contribution in [0.15, 0.2) is 0 Å². The van der Waals surface area contributed by atoms with E-state index >= 15 is 0 Å². The molecule has 2 atom stereocenters. The second-order valence-electron chi connectivity index (χ2n) is 5.38. The van der Waals surface area contributed by atoms with Crippen molar-refractivity contribution in [2.45, 2.75) is 57.3 Å². The van der Waals surface area contributed by atoms with Crippen LogP contribution in [-0.2, 0) is 4.74 Å². The molecule has 0 amide bonds. The van der Waals surface area contributed by atoms with Crippen LogP contribution in [0.1, 0.15) is 39.5 Å². The van der Waals surface area contributed by atoms with Crippen molar-refractivity contribution in [1.29, 1.82) is 0 Å². The maximum Gasteiger partial charge on any atom is 0.0810 e. The van der Waals surface area contributed by atoms with Crippen LogP contribution < -0.4 is 5.32 Å². The molecule has 0 spiro atoms. The largest absolute Gasteiger partial charge is 0.393 e. The number of aliphatic hydroxyl groups is 1. The Labute approximate surface area is 92.2 Å². The zero-order valence-electron chi connectivity index (χ0n) is 9.83. The Morgan fingerprint density at radius 2 is 1.93 bits per heavy atom. The number of aliphatic hydroxyl groups excluding tert-OH is 1. The maximum atomic E-state index is 9.50. The quantitative estimate of drug-likeness (QED) is 0.690. The van der Waals surface area contributed by atoms with Crippen LogP contribution in [0, 0.1) is 5.92 Å². The lowest BCUT2D eigenvalue weighted by Gasteiger charge is -2.45. The van der Waals surface area contributed by atoms with Gasteiger partial charge in [0.15, 0.2) is 0 Å². The predicted octanol–water partition coefficient (Wildman–Crippen LogP) is 1.30. The molecular formula is C12H23NO2. The third kappa shape index (κ3) is 2.52. The van der Waals surface area contributed by atoms with Gasteiger partial charge in [-0.15, -0.1) is 0 Å². The van der Waals surface area contributed by atoms with E-state index in [1.54, 1.807) is 0 Å². The lowest BCUT2D eigenvalue weighted by molar-refractivity contribution is -0.140. The van der Waals surface area contributed by atoms with Gasteiger partial charge in [-0.1, -0.05) is 0 Å². The molecule has 2 fully saturated rings. The third-order valence-corrected chi connectivity index (χ3v) is 3.94. The molecule has 2 N–H and O–H groups in total. The highest BCUT2D eigenvalue weighted by Gasteiger charge is 2.40. The van der Waals surface area contributed by atoms with Crippen molar-refractivity contribution < 1.29 is 9.84 Å². The molecular weight excluding hydrogens is 190 g/mol. The van der Waals surface area contributed by atoms with Gasteiger partial charge in [-0.05, 0) is 45.4 Å². The maximum absolute atomic E-state index is 9.50. The van der Waals surface area contributed by atoms with E-state index < -0.39 is 0 Å². The third-order valence-electron chi connectivity index (χ3n) is 3.94. The van der Waals surface area contributed by atoms with Gasteiger partial charge in [0, 0.05) is 13.1 Å². The fourth-order valence-corrected chi connectivity index (χ4v) is 2.99. The lowest BCUT2D eigenvalue weighted by Crippen LogP contribution is -2.56. The summed E-state index contributed by atoms with van der Waals surface area (Å²) in [5.41, 5.74) is -0.0161. The summed E-state index contributed by atoms with van der Waals surface area (Å²) in [6.45, 7) is 6.27. The molecule has 0 bridgehead atoms. The molecule has 1 aliphatic heterocycles. The number of rotatable bonds is 1. The molecule has 0 aromatic heterocycles. The van der Waals surface area contributed by atoms with Gasteiger partial charge in [-0.3, -0.25) is 0 Å². The van der Waals surface area contributed by atoms with Crippen molar-refractivity contribution in [1.82, 2.24) is 5.32 Å². The average Bonchev–Trinajstić information content (AvgIpc) is 2.18. The highest BCUT2D eigenvalue weighted by atomic mass is 16.5. The predicted molar refractivity (Wildman–Crippen MR) is 59.8 cm³/mol. The summed E-state index contributed by atoms with van der Waals surface area (Å²) < 4.78 is 6.10. The van der Waals surface area contributed by atoms with E-state index in [0.717, 1.165) is 38.8 Å². The van der Waals surface area contributed by atoms with E-state index in [0.29, 0.717) is 12.0 Å².